The van der Waals surface area contributed by atoms with Crippen LogP contribution in [0.1, 0.15) is 46.5 Å². The number of hydrogen-bond donors (Lipinski definition) is 2. The minimum Gasteiger partial charge on any atom is -0.354 e. The van der Waals surface area contributed by atoms with Crippen LogP contribution in [0.2, 0.25) is 0 Å². The van der Waals surface area contributed by atoms with Crippen molar-refractivity contribution in [2.45, 2.75) is 64.1 Å². The molecule has 3 atom stereocenters. The maximum absolute atomic E-state index is 11.8. The quantitative estimate of drug-likeness (QED) is 0.773. The third-order valence-corrected chi connectivity index (χ3v) is 4.69. The van der Waals surface area contributed by atoms with Crippen LogP contribution >= 0.6 is 0 Å². The van der Waals surface area contributed by atoms with Crippen molar-refractivity contribution in [2.75, 3.05) is 19.6 Å². The molecule has 0 bridgehead atoms. The number of hydrogen-bond acceptors (Lipinski definition) is 4. The molecule has 2 rings (SSSR count). The van der Waals surface area contributed by atoms with Gasteiger partial charge in [-0.1, -0.05) is 0 Å². The van der Waals surface area contributed by atoms with Gasteiger partial charge in [0.2, 0.25) is 5.91 Å². The van der Waals surface area contributed by atoms with Crippen molar-refractivity contribution in [1.82, 2.24) is 15.5 Å². The Morgan fingerprint density at radius 1 is 1.57 bits per heavy atom. The molecule has 2 fully saturated rings. The molecule has 2 heterocycles. The molecule has 3 unspecified atom stereocenters. The van der Waals surface area contributed by atoms with Crippen molar-refractivity contribution in [3.8, 4) is 6.07 Å². The Bertz CT molecular complexity index is 417. The van der Waals surface area contributed by atoms with E-state index in [1.165, 1.54) is 0 Å². The molecule has 118 valence electrons. The molecule has 0 aromatic heterocycles. The summed E-state index contributed by atoms with van der Waals surface area (Å²) in [4.78, 5) is 14.2. The van der Waals surface area contributed by atoms with E-state index in [0.717, 1.165) is 45.3 Å². The van der Waals surface area contributed by atoms with Gasteiger partial charge in [0, 0.05) is 18.6 Å². The molecule has 1 amide bonds. The summed E-state index contributed by atoms with van der Waals surface area (Å²) in [5.41, 5.74) is -0.451. The third-order valence-electron chi connectivity index (χ3n) is 4.69. The summed E-state index contributed by atoms with van der Waals surface area (Å²) in [5.74, 6) is 0.419. The molecule has 0 radical (unpaired) electrons. The zero-order valence-corrected chi connectivity index (χ0v) is 13.5. The molecule has 2 aliphatic rings. The molecule has 2 aliphatic heterocycles. The molecule has 0 spiro atoms. The van der Waals surface area contributed by atoms with Crippen LogP contribution in [0, 0.1) is 17.2 Å². The highest BCUT2D eigenvalue weighted by atomic mass is 16.2. The highest BCUT2D eigenvalue weighted by Crippen LogP contribution is 2.27. The summed E-state index contributed by atoms with van der Waals surface area (Å²) in [7, 11) is 0. The maximum atomic E-state index is 11.8. The smallest absolute Gasteiger partial charge is 0.224 e. The van der Waals surface area contributed by atoms with Gasteiger partial charge in [-0.2, -0.15) is 5.26 Å². The number of carbonyl (C=O) groups is 1. The number of piperidine rings is 1. The number of rotatable bonds is 6. The number of amides is 1. The summed E-state index contributed by atoms with van der Waals surface area (Å²) < 4.78 is 0. The summed E-state index contributed by atoms with van der Waals surface area (Å²) in [5, 5.41) is 15.7. The van der Waals surface area contributed by atoms with Crippen LogP contribution in [-0.2, 0) is 4.79 Å². The summed E-state index contributed by atoms with van der Waals surface area (Å²) in [6.45, 7) is 8.97. The average molecular weight is 292 g/mol. The van der Waals surface area contributed by atoms with E-state index in [1.54, 1.807) is 0 Å². The predicted octanol–water partition coefficient (Wildman–Crippen LogP) is 1.26. The zero-order chi connectivity index (χ0) is 15.5. The van der Waals surface area contributed by atoms with Crippen LogP contribution < -0.4 is 10.6 Å². The Hall–Kier alpha value is -1.12. The number of carbonyl (C=O) groups excluding carboxylic acids is 1. The summed E-state index contributed by atoms with van der Waals surface area (Å²) in [6.07, 6.45) is 3.96. The van der Waals surface area contributed by atoms with E-state index in [1.807, 2.05) is 6.92 Å². The highest BCUT2D eigenvalue weighted by Gasteiger charge is 2.40. The molecule has 0 aliphatic carbocycles. The largest absolute Gasteiger partial charge is 0.354 e. The molecule has 5 nitrogen and oxygen atoms in total. The Balaban J connectivity index is 1.83. The second kappa shape index (κ2) is 6.76. The predicted molar refractivity (Wildman–Crippen MR) is 82.6 cm³/mol. The Labute approximate surface area is 128 Å². The van der Waals surface area contributed by atoms with E-state index in [4.69, 9.17) is 0 Å². The van der Waals surface area contributed by atoms with E-state index < -0.39 is 5.54 Å². The molecule has 0 aromatic carbocycles. The lowest BCUT2D eigenvalue weighted by Crippen LogP contribution is -2.48. The SMILES string of the molecule is CC(C)NC(C)(C#N)CCCN1CCCC2C(=O)NCC21. The van der Waals surface area contributed by atoms with Gasteiger partial charge in [0.25, 0.3) is 0 Å². The van der Waals surface area contributed by atoms with Crippen LogP contribution in [0.3, 0.4) is 0 Å². The first kappa shape index (κ1) is 16.3. The van der Waals surface area contributed by atoms with Gasteiger partial charge in [-0.15, -0.1) is 0 Å². The number of nitrogens with one attached hydrogen (secondary N) is 2. The van der Waals surface area contributed by atoms with Crippen LogP contribution in [-0.4, -0.2) is 48.1 Å². The van der Waals surface area contributed by atoms with Crippen LogP contribution in [0.5, 0.6) is 0 Å². The van der Waals surface area contributed by atoms with E-state index in [-0.39, 0.29) is 11.8 Å². The lowest BCUT2D eigenvalue weighted by atomic mass is 9.90. The highest BCUT2D eigenvalue weighted by molar-refractivity contribution is 5.82. The number of nitriles is 1. The van der Waals surface area contributed by atoms with Crippen LogP contribution in [0.25, 0.3) is 0 Å². The Morgan fingerprint density at radius 2 is 2.33 bits per heavy atom. The monoisotopic (exact) mass is 292 g/mol. The van der Waals surface area contributed by atoms with Crippen molar-refractivity contribution < 1.29 is 4.79 Å². The zero-order valence-electron chi connectivity index (χ0n) is 13.5. The van der Waals surface area contributed by atoms with Gasteiger partial charge in [0.15, 0.2) is 0 Å². The fraction of sp³-hybridized carbons (Fsp3) is 0.875. The molecule has 2 saturated heterocycles. The van der Waals surface area contributed by atoms with E-state index in [2.05, 4.69) is 35.5 Å². The standard InChI is InChI=1S/C16H28N4O/c1-12(2)19-16(3,11-17)7-5-9-20-8-4-6-13-14(20)10-18-15(13)21/h12-14,19H,4-10H2,1-3H3,(H,18,21). The fourth-order valence-corrected chi connectivity index (χ4v) is 3.75. The van der Waals surface area contributed by atoms with Crippen molar-refractivity contribution >= 4 is 5.91 Å². The minimum atomic E-state index is -0.451. The van der Waals surface area contributed by atoms with Gasteiger partial charge in [-0.05, 0) is 59.5 Å². The topological polar surface area (TPSA) is 68.2 Å². The third kappa shape index (κ3) is 3.96. The average Bonchev–Trinajstić information content (AvgIpc) is 2.81. The second-order valence-corrected chi connectivity index (χ2v) is 6.94. The first-order chi connectivity index (χ1) is 9.95. The Morgan fingerprint density at radius 3 is 3.00 bits per heavy atom. The summed E-state index contributed by atoms with van der Waals surface area (Å²) in [6, 6.07) is 3.09. The molecule has 0 saturated carbocycles. The second-order valence-electron chi connectivity index (χ2n) is 6.94. The normalized spacial score (nSPS) is 28.8. The number of fused-ring (bicyclic) bond motifs is 1. The van der Waals surface area contributed by atoms with Gasteiger partial charge < -0.3 is 5.32 Å². The molecular weight excluding hydrogens is 264 g/mol. The lowest BCUT2D eigenvalue weighted by Gasteiger charge is -2.36. The molecular formula is C16H28N4O. The van der Waals surface area contributed by atoms with E-state index in [9.17, 15) is 10.1 Å². The van der Waals surface area contributed by atoms with Gasteiger partial charge in [-0.25, -0.2) is 0 Å². The van der Waals surface area contributed by atoms with E-state index >= 15 is 0 Å². The van der Waals surface area contributed by atoms with Gasteiger partial charge in [0.1, 0.15) is 5.54 Å². The maximum Gasteiger partial charge on any atom is 0.224 e. The van der Waals surface area contributed by atoms with Gasteiger partial charge in [-0.3, -0.25) is 15.0 Å². The van der Waals surface area contributed by atoms with Crippen molar-refractivity contribution in [2.24, 2.45) is 5.92 Å². The van der Waals surface area contributed by atoms with Crippen molar-refractivity contribution in [3.63, 3.8) is 0 Å². The molecule has 21 heavy (non-hydrogen) atoms. The lowest BCUT2D eigenvalue weighted by molar-refractivity contribution is -0.124. The molecule has 0 aromatic rings. The van der Waals surface area contributed by atoms with Crippen molar-refractivity contribution in [1.29, 1.82) is 5.26 Å². The van der Waals surface area contributed by atoms with Crippen LogP contribution in [0.15, 0.2) is 0 Å². The fourth-order valence-electron chi connectivity index (χ4n) is 3.75. The molecule has 5 heteroatoms. The number of nitrogens with zero attached hydrogens (tertiary/aromatic N) is 2. The first-order valence-corrected chi connectivity index (χ1v) is 8.16. The number of likely N-dealkylation sites (tertiary alicyclic amines) is 1. The van der Waals surface area contributed by atoms with E-state index in [0.29, 0.717) is 12.1 Å². The summed E-state index contributed by atoms with van der Waals surface area (Å²) >= 11 is 0. The van der Waals surface area contributed by atoms with Gasteiger partial charge >= 0.3 is 0 Å². The minimum absolute atomic E-state index is 0.190. The van der Waals surface area contributed by atoms with Gasteiger partial charge in [0.05, 0.1) is 12.0 Å². The first-order valence-electron chi connectivity index (χ1n) is 8.16. The van der Waals surface area contributed by atoms with Crippen molar-refractivity contribution in [3.05, 3.63) is 0 Å². The van der Waals surface area contributed by atoms with Crippen LogP contribution in [0.4, 0.5) is 0 Å². The molecule has 2 N–H and O–H groups in total. The Kier molecular flexibility index (Phi) is 5.23.